The highest BCUT2D eigenvalue weighted by Gasteiger charge is 2.12. The summed E-state index contributed by atoms with van der Waals surface area (Å²) in [6, 6.07) is 10.4. The molecule has 4 heteroatoms. The first-order valence-electron chi connectivity index (χ1n) is 8.11. The van der Waals surface area contributed by atoms with Crippen LogP contribution < -0.4 is 5.32 Å². The number of hydrogen-bond donors (Lipinski definition) is 1. The zero-order valence-corrected chi connectivity index (χ0v) is 14.0. The van der Waals surface area contributed by atoms with E-state index in [4.69, 9.17) is 0 Å². The summed E-state index contributed by atoms with van der Waals surface area (Å²) < 4.78 is 0. The molecule has 0 saturated carbocycles. The Balaban J connectivity index is 2.33. The lowest BCUT2D eigenvalue weighted by molar-refractivity contribution is -0.129. The molecule has 0 aliphatic carbocycles. The monoisotopic (exact) mass is 304 g/mol. The number of amides is 2. The van der Waals surface area contributed by atoms with Crippen molar-refractivity contribution in [3.05, 3.63) is 35.9 Å². The number of rotatable bonds is 9. The Bertz CT molecular complexity index is 459. The van der Waals surface area contributed by atoms with Crippen LogP contribution in [0.2, 0.25) is 0 Å². The highest BCUT2D eigenvalue weighted by atomic mass is 16.2. The first-order valence-corrected chi connectivity index (χ1v) is 8.11. The first kappa shape index (κ1) is 18.2. The van der Waals surface area contributed by atoms with E-state index >= 15 is 0 Å². The lowest BCUT2D eigenvalue weighted by atomic mass is 10.1. The SMILES string of the molecule is CCC(C)NC(=O)CCN(CCCc1ccccc1)C(C)=O. The number of benzene rings is 1. The molecule has 1 unspecified atom stereocenters. The summed E-state index contributed by atoms with van der Waals surface area (Å²) in [6.45, 7) is 6.78. The second-order valence-corrected chi connectivity index (χ2v) is 5.72. The Kier molecular flexibility index (Phi) is 8.26. The highest BCUT2D eigenvalue weighted by Crippen LogP contribution is 2.04. The normalized spacial score (nSPS) is 11.8. The van der Waals surface area contributed by atoms with E-state index in [0.29, 0.717) is 19.5 Å². The van der Waals surface area contributed by atoms with Crippen molar-refractivity contribution in [1.29, 1.82) is 0 Å². The van der Waals surface area contributed by atoms with Gasteiger partial charge >= 0.3 is 0 Å². The summed E-state index contributed by atoms with van der Waals surface area (Å²) in [4.78, 5) is 25.2. The topological polar surface area (TPSA) is 49.4 Å². The molecule has 0 radical (unpaired) electrons. The van der Waals surface area contributed by atoms with Gasteiger partial charge in [-0.05, 0) is 31.7 Å². The van der Waals surface area contributed by atoms with Gasteiger partial charge in [-0.2, -0.15) is 0 Å². The van der Waals surface area contributed by atoms with E-state index in [9.17, 15) is 9.59 Å². The third kappa shape index (κ3) is 7.25. The summed E-state index contributed by atoms with van der Waals surface area (Å²) in [5.74, 6) is 0.0491. The lowest BCUT2D eigenvalue weighted by Crippen LogP contribution is -2.37. The summed E-state index contributed by atoms with van der Waals surface area (Å²) in [7, 11) is 0. The Hall–Kier alpha value is -1.84. The standard InChI is InChI=1S/C18H28N2O2/c1-4-15(2)19-18(22)12-14-20(16(3)21)13-8-11-17-9-6-5-7-10-17/h5-7,9-10,15H,4,8,11-14H2,1-3H3,(H,19,22). The fourth-order valence-corrected chi connectivity index (χ4v) is 2.23. The van der Waals surface area contributed by atoms with Crippen molar-refractivity contribution < 1.29 is 9.59 Å². The van der Waals surface area contributed by atoms with Gasteiger partial charge < -0.3 is 10.2 Å². The molecule has 0 saturated heterocycles. The fraction of sp³-hybridized carbons (Fsp3) is 0.556. The van der Waals surface area contributed by atoms with Crippen LogP contribution in [-0.2, 0) is 16.0 Å². The maximum absolute atomic E-state index is 11.8. The molecule has 0 spiro atoms. The minimum atomic E-state index is 0.0173. The van der Waals surface area contributed by atoms with Gasteiger partial charge in [0.05, 0.1) is 0 Å². The molecule has 1 N–H and O–H groups in total. The summed E-state index contributed by atoms with van der Waals surface area (Å²) >= 11 is 0. The summed E-state index contributed by atoms with van der Waals surface area (Å²) in [6.07, 6.45) is 3.15. The third-order valence-corrected chi connectivity index (χ3v) is 3.81. The molecule has 22 heavy (non-hydrogen) atoms. The zero-order valence-electron chi connectivity index (χ0n) is 14.0. The zero-order chi connectivity index (χ0) is 16.4. The molecule has 0 aliphatic heterocycles. The molecule has 122 valence electrons. The van der Waals surface area contributed by atoms with Gasteiger partial charge in [0.25, 0.3) is 0 Å². The Morgan fingerprint density at radius 3 is 2.45 bits per heavy atom. The molecular formula is C18H28N2O2. The van der Waals surface area contributed by atoms with Crippen LogP contribution in [0.25, 0.3) is 0 Å². The average Bonchev–Trinajstić information content (AvgIpc) is 2.51. The highest BCUT2D eigenvalue weighted by molar-refractivity contribution is 5.78. The first-order chi connectivity index (χ1) is 10.5. The molecule has 0 aliphatic rings. The predicted octanol–water partition coefficient (Wildman–Crippen LogP) is 2.77. The molecule has 1 aromatic rings. The number of nitrogens with zero attached hydrogens (tertiary/aromatic N) is 1. The van der Waals surface area contributed by atoms with Gasteiger partial charge in [-0.1, -0.05) is 37.3 Å². The molecule has 0 bridgehead atoms. The number of hydrogen-bond acceptors (Lipinski definition) is 2. The Morgan fingerprint density at radius 2 is 1.86 bits per heavy atom. The number of aryl methyl sites for hydroxylation is 1. The van der Waals surface area contributed by atoms with Crippen LogP contribution >= 0.6 is 0 Å². The van der Waals surface area contributed by atoms with E-state index in [1.54, 1.807) is 11.8 Å². The van der Waals surface area contributed by atoms with Crippen LogP contribution in [0.5, 0.6) is 0 Å². The number of nitrogens with one attached hydrogen (secondary N) is 1. The van der Waals surface area contributed by atoms with E-state index in [0.717, 1.165) is 19.3 Å². The van der Waals surface area contributed by atoms with Crippen LogP contribution in [-0.4, -0.2) is 35.8 Å². The van der Waals surface area contributed by atoms with Gasteiger partial charge in [0, 0.05) is 32.5 Å². The second kappa shape index (κ2) is 9.98. The van der Waals surface area contributed by atoms with E-state index in [-0.39, 0.29) is 17.9 Å². The minimum Gasteiger partial charge on any atom is -0.354 e. The average molecular weight is 304 g/mol. The van der Waals surface area contributed by atoms with Gasteiger partial charge in [0.1, 0.15) is 0 Å². The van der Waals surface area contributed by atoms with Crippen molar-refractivity contribution in [3.8, 4) is 0 Å². The Morgan fingerprint density at radius 1 is 1.18 bits per heavy atom. The maximum atomic E-state index is 11.8. The molecule has 0 aromatic heterocycles. The lowest BCUT2D eigenvalue weighted by Gasteiger charge is -2.21. The summed E-state index contributed by atoms with van der Waals surface area (Å²) in [5.41, 5.74) is 1.28. The quantitative estimate of drug-likeness (QED) is 0.762. The van der Waals surface area contributed by atoms with Crippen LogP contribution in [0.4, 0.5) is 0 Å². The second-order valence-electron chi connectivity index (χ2n) is 5.72. The molecule has 0 heterocycles. The molecule has 2 amide bonds. The van der Waals surface area contributed by atoms with E-state index in [1.165, 1.54) is 5.56 Å². The smallest absolute Gasteiger partial charge is 0.221 e. The summed E-state index contributed by atoms with van der Waals surface area (Å²) in [5, 5.41) is 2.93. The van der Waals surface area contributed by atoms with Crippen LogP contribution in [0.15, 0.2) is 30.3 Å². The number of carbonyl (C=O) groups is 2. The van der Waals surface area contributed by atoms with E-state index < -0.39 is 0 Å². The predicted molar refractivity (Wildman–Crippen MR) is 89.5 cm³/mol. The van der Waals surface area contributed by atoms with Crippen LogP contribution in [0, 0.1) is 0 Å². The molecule has 0 fully saturated rings. The van der Waals surface area contributed by atoms with Crippen molar-refractivity contribution >= 4 is 11.8 Å². The van der Waals surface area contributed by atoms with Crippen molar-refractivity contribution in [2.75, 3.05) is 13.1 Å². The van der Waals surface area contributed by atoms with Gasteiger partial charge in [-0.15, -0.1) is 0 Å². The number of carbonyl (C=O) groups excluding carboxylic acids is 2. The molecule has 4 nitrogen and oxygen atoms in total. The Labute approximate surface area is 133 Å². The van der Waals surface area contributed by atoms with Crippen LogP contribution in [0.1, 0.15) is 45.6 Å². The van der Waals surface area contributed by atoms with E-state index in [1.807, 2.05) is 32.0 Å². The van der Waals surface area contributed by atoms with Crippen molar-refractivity contribution in [2.45, 2.75) is 52.5 Å². The van der Waals surface area contributed by atoms with Gasteiger partial charge in [0.15, 0.2) is 0 Å². The minimum absolute atomic E-state index is 0.0173. The van der Waals surface area contributed by atoms with Crippen molar-refractivity contribution in [2.24, 2.45) is 0 Å². The largest absolute Gasteiger partial charge is 0.354 e. The fourth-order valence-electron chi connectivity index (χ4n) is 2.23. The van der Waals surface area contributed by atoms with Crippen molar-refractivity contribution in [3.63, 3.8) is 0 Å². The van der Waals surface area contributed by atoms with E-state index in [2.05, 4.69) is 17.4 Å². The molecule has 1 aromatic carbocycles. The third-order valence-electron chi connectivity index (χ3n) is 3.81. The molecule has 1 atom stereocenters. The maximum Gasteiger partial charge on any atom is 0.221 e. The van der Waals surface area contributed by atoms with Gasteiger partial charge in [-0.25, -0.2) is 0 Å². The van der Waals surface area contributed by atoms with Gasteiger partial charge in [0.2, 0.25) is 11.8 Å². The van der Waals surface area contributed by atoms with Gasteiger partial charge in [-0.3, -0.25) is 9.59 Å². The molecular weight excluding hydrogens is 276 g/mol. The van der Waals surface area contributed by atoms with Crippen LogP contribution in [0.3, 0.4) is 0 Å². The van der Waals surface area contributed by atoms with Crippen molar-refractivity contribution in [1.82, 2.24) is 10.2 Å². The molecule has 1 rings (SSSR count).